The van der Waals surface area contributed by atoms with Crippen LogP contribution in [-0.2, 0) is 9.59 Å². The quantitative estimate of drug-likeness (QED) is 0.434. The number of nitrogens with one attached hydrogen (secondary N) is 1. The topological polar surface area (TPSA) is 86.6 Å². The van der Waals surface area contributed by atoms with Crippen molar-refractivity contribution in [2.45, 2.75) is 0 Å². The molecule has 3 N–H and O–H groups in total. The van der Waals surface area contributed by atoms with Gasteiger partial charge in [-0.3, -0.25) is 14.9 Å². The second-order valence-electron chi connectivity index (χ2n) is 1.39. The van der Waals surface area contributed by atoms with Crippen LogP contribution < -0.4 is 5.32 Å². The predicted molar refractivity (Wildman–Crippen MR) is 39.6 cm³/mol. The van der Waals surface area contributed by atoms with Gasteiger partial charge in [0.05, 0.1) is 13.1 Å². The molecule has 11 heavy (non-hydrogen) atoms. The third-order valence-electron chi connectivity index (χ3n) is 0.552. The molecule has 5 nitrogen and oxygen atoms in total. The van der Waals surface area contributed by atoms with E-state index >= 15 is 0 Å². The molecule has 0 aliphatic carbocycles. The SMILES string of the molecule is O=C(O)CNCC(=O)O.[Na].[Na]. The van der Waals surface area contributed by atoms with Crippen molar-refractivity contribution in [2.75, 3.05) is 13.1 Å². The molecule has 0 heterocycles. The molecule has 2 radical (unpaired) electrons. The molecule has 0 saturated carbocycles. The van der Waals surface area contributed by atoms with Gasteiger partial charge in [0.1, 0.15) is 0 Å². The zero-order chi connectivity index (χ0) is 7.28. The van der Waals surface area contributed by atoms with Crippen LogP contribution in [0.1, 0.15) is 0 Å². The number of carboxylic acids is 2. The van der Waals surface area contributed by atoms with Gasteiger partial charge in [-0.1, -0.05) is 0 Å². The molecule has 7 heteroatoms. The van der Waals surface area contributed by atoms with E-state index in [1.165, 1.54) is 0 Å². The third-order valence-corrected chi connectivity index (χ3v) is 0.552. The van der Waals surface area contributed by atoms with Gasteiger partial charge in [-0.2, -0.15) is 0 Å². The summed E-state index contributed by atoms with van der Waals surface area (Å²) >= 11 is 0. The summed E-state index contributed by atoms with van der Waals surface area (Å²) in [6.07, 6.45) is 0. The van der Waals surface area contributed by atoms with Crippen molar-refractivity contribution in [1.29, 1.82) is 0 Å². The Bertz CT molecular complexity index is 115. The molecule has 0 fully saturated rings. The van der Waals surface area contributed by atoms with E-state index in [0.717, 1.165) is 0 Å². The van der Waals surface area contributed by atoms with Gasteiger partial charge in [0.15, 0.2) is 0 Å². The molecule has 0 amide bonds. The first-order chi connectivity index (χ1) is 4.13. The van der Waals surface area contributed by atoms with Crippen LogP contribution in [0.5, 0.6) is 0 Å². The largest absolute Gasteiger partial charge is 0.480 e. The predicted octanol–water partition coefficient (Wildman–Crippen LogP) is -2.02. The Morgan fingerprint density at radius 1 is 1.00 bits per heavy atom. The molecule has 0 unspecified atom stereocenters. The van der Waals surface area contributed by atoms with Crippen LogP contribution in [0.4, 0.5) is 0 Å². The van der Waals surface area contributed by atoms with E-state index in [-0.39, 0.29) is 72.2 Å². The second kappa shape index (κ2) is 10.9. The molecular weight excluding hydrogens is 172 g/mol. The summed E-state index contributed by atoms with van der Waals surface area (Å²) in [5.41, 5.74) is 0. The summed E-state index contributed by atoms with van der Waals surface area (Å²) in [6, 6.07) is 0. The van der Waals surface area contributed by atoms with Crippen LogP contribution in [0.15, 0.2) is 0 Å². The molecule has 0 atom stereocenters. The van der Waals surface area contributed by atoms with Crippen molar-refractivity contribution in [3.63, 3.8) is 0 Å². The van der Waals surface area contributed by atoms with Gasteiger partial charge in [-0.15, -0.1) is 0 Å². The van der Waals surface area contributed by atoms with Crippen LogP contribution >= 0.6 is 0 Å². The zero-order valence-corrected chi connectivity index (χ0v) is 10.6. The Morgan fingerprint density at radius 3 is 1.45 bits per heavy atom. The van der Waals surface area contributed by atoms with Gasteiger partial charge in [-0.05, 0) is 0 Å². The number of carboxylic acid groups (broad SMARTS) is 2. The second-order valence-corrected chi connectivity index (χ2v) is 1.39. The van der Waals surface area contributed by atoms with Crippen molar-refractivity contribution < 1.29 is 19.8 Å². The number of hydrogen-bond donors (Lipinski definition) is 3. The Kier molecular flexibility index (Phi) is 17.7. The van der Waals surface area contributed by atoms with Gasteiger partial charge in [0.25, 0.3) is 0 Å². The van der Waals surface area contributed by atoms with Crippen LogP contribution in [-0.4, -0.2) is 94.4 Å². The van der Waals surface area contributed by atoms with E-state index in [1.807, 2.05) is 0 Å². The van der Waals surface area contributed by atoms with Crippen molar-refractivity contribution >= 4 is 71.1 Å². The normalized spacial score (nSPS) is 7.27. The van der Waals surface area contributed by atoms with Crippen molar-refractivity contribution in [2.24, 2.45) is 0 Å². The van der Waals surface area contributed by atoms with Crippen molar-refractivity contribution in [3.8, 4) is 0 Å². The smallest absolute Gasteiger partial charge is 0.317 e. The summed E-state index contributed by atoms with van der Waals surface area (Å²) in [4.78, 5) is 19.5. The van der Waals surface area contributed by atoms with E-state index in [9.17, 15) is 9.59 Å². The van der Waals surface area contributed by atoms with Crippen molar-refractivity contribution in [1.82, 2.24) is 5.32 Å². The Morgan fingerprint density at radius 2 is 1.27 bits per heavy atom. The van der Waals surface area contributed by atoms with Gasteiger partial charge < -0.3 is 10.2 Å². The first-order valence-electron chi connectivity index (χ1n) is 2.27. The molecule has 0 saturated heterocycles. The van der Waals surface area contributed by atoms with E-state index in [0.29, 0.717) is 0 Å². The Labute approximate surface area is 108 Å². The maximum absolute atomic E-state index is 9.73. The number of aliphatic carboxylic acids is 2. The van der Waals surface area contributed by atoms with Gasteiger partial charge in [-0.25, -0.2) is 0 Å². The number of rotatable bonds is 4. The molecule has 0 rings (SSSR count). The Balaban J connectivity index is -0.000000320. The molecule has 0 aromatic carbocycles. The minimum absolute atomic E-state index is 0. The van der Waals surface area contributed by atoms with E-state index in [1.54, 1.807) is 0 Å². The summed E-state index contributed by atoms with van der Waals surface area (Å²) in [7, 11) is 0. The van der Waals surface area contributed by atoms with Crippen LogP contribution in [0, 0.1) is 0 Å². The van der Waals surface area contributed by atoms with E-state index in [2.05, 4.69) is 5.32 Å². The summed E-state index contributed by atoms with van der Waals surface area (Å²) < 4.78 is 0. The Hall–Kier alpha value is 0.900. The number of carbonyl (C=O) groups is 2. The average molecular weight is 179 g/mol. The standard InChI is InChI=1S/C4H7NO4.2Na/c6-3(7)1-5-2-4(8)9;;/h5H,1-2H2,(H,6,7)(H,8,9);;. The first-order valence-corrected chi connectivity index (χ1v) is 2.27. The van der Waals surface area contributed by atoms with Gasteiger partial charge >= 0.3 is 11.9 Å². The molecule has 0 aliphatic rings. The monoisotopic (exact) mass is 179 g/mol. The maximum atomic E-state index is 9.73. The fraction of sp³-hybridized carbons (Fsp3) is 0.500. The maximum Gasteiger partial charge on any atom is 0.317 e. The summed E-state index contributed by atoms with van der Waals surface area (Å²) in [5.74, 6) is -2.12. The van der Waals surface area contributed by atoms with Crippen LogP contribution in [0.3, 0.4) is 0 Å². The summed E-state index contributed by atoms with van der Waals surface area (Å²) in [6.45, 7) is -0.626. The van der Waals surface area contributed by atoms with Gasteiger partial charge in [0, 0.05) is 59.1 Å². The molecule has 0 aromatic heterocycles. The fourth-order valence-electron chi connectivity index (χ4n) is 0.276. The molecule has 0 spiro atoms. The van der Waals surface area contributed by atoms with Crippen molar-refractivity contribution in [3.05, 3.63) is 0 Å². The molecule has 0 aliphatic heterocycles. The minimum atomic E-state index is -1.06. The zero-order valence-electron chi connectivity index (χ0n) is 6.63. The third kappa shape index (κ3) is 18.1. The molecule has 54 valence electrons. The van der Waals surface area contributed by atoms with Crippen LogP contribution in [0.2, 0.25) is 0 Å². The van der Waals surface area contributed by atoms with E-state index < -0.39 is 11.9 Å². The minimum Gasteiger partial charge on any atom is -0.480 e. The molecular formula is C4H7NNa2O4. The number of hydrogen-bond acceptors (Lipinski definition) is 3. The average Bonchev–Trinajstić information content (AvgIpc) is 1.63. The fourth-order valence-corrected chi connectivity index (χ4v) is 0.276. The molecule has 0 bridgehead atoms. The van der Waals surface area contributed by atoms with Crippen LogP contribution in [0.25, 0.3) is 0 Å². The first kappa shape index (κ1) is 17.8. The summed E-state index contributed by atoms with van der Waals surface area (Å²) in [5, 5.41) is 18.1. The van der Waals surface area contributed by atoms with Gasteiger partial charge in [0.2, 0.25) is 0 Å². The van der Waals surface area contributed by atoms with E-state index in [4.69, 9.17) is 10.2 Å². The molecule has 0 aromatic rings.